The van der Waals surface area contributed by atoms with Crippen LogP contribution in [-0.4, -0.2) is 17.0 Å². The third-order valence-corrected chi connectivity index (χ3v) is 6.10. The fourth-order valence-corrected chi connectivity index (χ4v) is 4.38. The van der Waals surface area contributed by atoms with Crippen molar-refractivity contribution in [2.24, 2.45) is 5.92 Å². The molecule has 35 heavy (non-hydrogen) atoms. The Morgan fingerprint density at radius 1 is 0.943 bits per heavy atom. The Morgan fingerprint density at radius 2 is 1.66 bits per heavy atom. The van der Waals surface area contributed by atoms with Gasteiger partial charge in [-0.15, -0.1) is 0 Å². The lowest BCUT2D eigenvalue weighted by molar-refractivity contribution is -0.137. The molecule has 1 atom stereocenters. The topological polar surface area (TPSA) is 34.0 Å². The van der Waals surface area contributed by atoms with Crippen LogP contribution in [0.1, 0.15) is 48.4 Å². The van der Waals surface area contributed by atoms with Crippen molar-refractivity contribution in [3.05, 3.63) is 107 Å². The van der Waals surface area contributed by atoms with E-state index >= 15 is 0 Å². The van der Waals surface area contributed by atoms with Gasteiger partial charge in [0, 0.05) is 42.5 Å². The van der Waals surface area contributed by atoms with E-state index in [9.17, 15) is 18.0 Å². The third-order valence-electron chi connectivity index (χ3n) is 6.10. The van der Waals surface area contributed by atoms with E-state index in [1.54, 1.807) is 6.07 Å². The molecule has 6 heteroatoms. The molecule has 3 aromatic carbocycles. The fraction of sp³-hybridized carbons (Fsp3) is 0.276. The zero-order valence-electron chi connectivity index (χ0n) is 19.8. The normalized spacial score (nSPS) is 12.7. The molecule has 4 aromatic rings. The van der Waals surface area contributed by atoms with Crippen molar-refractivity contribution in [3.8, 4) is 0 Å². The van der Waals surface area contributed by atoms with E-state index in [0.717, 1.165) is 28.1 Å². The summed E-state index contributed by atoms with van der Waals surface area (Å²) >= 11 is 0. The summed E-state index contributed by atoms with van der Waals surface area (Å²) in [5.41, 5.74) is 2.70. The number of para-hydroxylation sites is 1. The van der Waals surface area contributed by atoms with Crippen molar-refractivity contribution in [1.82, 2.24) is 9.88 Å². The van der Waals surface area contributed by atoms with Crippen LogP contribution in [0.15, 0.2) is 85.1 Å². The van der Waals surface area contributed by atoms with Gasteiger partial charge < -0.3 is 9.88 Å². The first kappa shape index (κ1) is 24.6. The molecule has 1 heterocycles. The number of carbonyl (C=O) groups excluding carboxylic acids is 1. The predicted molar refractivity (Wildman–Crippen MR) is 133 cm³/mol. The predicted octanol–water partition coefficient (Wildman–Crippen LogP) is 7.00. The number of carbonyl (C=O) groups is 1. The van der Waals surface area contributed by atoms with Crippen LogP contribution in [0.3, 0.4) is 0 Å². The Bertz CT molecular complexity index is 1290. The maximum atomic E-state index is 13.5. The monoisotopic (exact) mass is 478 g/mol. The highest BCUT2D eigenvalue weighted by Crippen LogP contribution is 2.38. The first-order valence-corrected chi connectivity index (χ1v) is 11.8. The Hall–Kier alpha value is -3.54. The van der Waals surface area contributed by atoms with E-state index in [1.165, 1.54) is 12.1 Å². The van der Waals surface area contributed by atoms with Crippen LogP contribution in [0, 0.1) is 5.92 Å². The van der Waals surface area contributed by atoms with Crippen LogP contribution in [0.5, 0.6) is 0 Å². The highest BCUT2D eigenvalue weighted by Gasteiger charge is 2.32. The van der Waals surface area contributed by atoms with Crippen molar-refractivity contribution >= 4 is 16.8 Å². The van der Waals surface area contributed by atoms with Gasteiger partial charge in [0.15, 0.2) is 0 Å². The third kappa shape index (κ3) is 5.94. The quantitative estimate of drug-likeness (QED) is 0.291. The second kappa shape index (κ2) is 10.4. The summed E-state index contributed by atoms with van der Waals surface area (Å²) in [6.07, 6.45) is -2.41. The van der Waals surface area contributed by atoms with Gasteiger partial charge in [-0.05, 0) is 34.7 Å². The second-order valence-electron chi connectivity index (χ2n) is 9.29. The van der Waals surface area contributed by atoms with Gasteiger partial charge in [-0.25, -0.2) is 0 Å². The average molecular weight is 479 g/mol. The molecule has 0 unspecified atom stereocenters. The van der Waals surface area contributed by atoms with Crippen LogP contribution < -0.4 is 5.32 Å². The molecular formula is C29H29F3N2O. The number of halogens is 3. The van der Waals surface area contributed by atoms with Crippen LogP contribution in [-0.2, 0) is 17.5 Å². The number of nitrogens with one attached hydrogen (secondary N) is 1. The average Bonchev–Trinajstić information content (AvgIpc) is 3.19. The maximum absolute atomic E-state index is 13.5. The Morgan fingerprint density at radius 3 is 2.37 bits per heavy atom. The summed E-state index contributed by atoms with van der Waals surface area (Å²) in [6.45, 7) is 5.14. The zero-order valence-corrected chi connectivity index (χ0v) is 19.8. The molecular weight excluding hydrogens is 449 g/mol. The minimum atomic E-state index is -4.46. The molecule has 0 spiro atoms. The molecule has 0 fully saturated rings. The minimum Gasteiger partial charge on any atom is -0.356 e. The zero-order chi connectivity index (χ0) is 25.0. The smallest absolute Gasteiger partial charge is 0.356 e. The number of aromatic nitrogens is 1. The fourth-order valence-electron chi connectivity index (χ4n) is 4.38. The highest BCUT2D eigenvalue weighted by atomic mass is 19.4. The molecule has 0 saturated heterocycles. The van der Waals surface area contributed by atoms with Crippen molar-refractivity contribution < 1.29 is 18.0 Å². The molecule has 1 N–H and O–H groups in total. The summed E-state index contributed by atoms with van der Waals surface area (Å²) in [4.78, 5) is 12.9. The summed E-state index contributed by atoms with van der Waals surface area (Å²) < 4.78 is 42.7. The van der Waals surface area contributed by atoms with Gasteiger partial charge in [-0.1, -0.05) is 80.6 Å². The molecule has 182 valence electrons. The van der Waals surface area contributed by atoms with Gasteiger partial charge in [0.25, 0.3) is 0 Å². The lowest BCUT2D eigenvalue weighted by Gasteiger charge is -2.19. The largest absolute Gasteiger partial charge is 0.416 e. The summed E-state index contributed by atoms with van der Waals surface area (Å²) in [5, 5.41) is 3.86. The SMILES string of the molecule is CC(C)CNC(=O)C[C@H](c1cccc(C(F)(F)F)c1)c1cn(Cc2ccccc2)c2ccccc12. The van der Waals surface area contributed by atoms with Crippen LogP contribution in [0.4, 0.5) is 13.2 Å². The molecule has 0 aliphatic carbocycles. The number of fused-ring (bicyclic) bond motifs is 1. The molecule has 1 amide bonds. The van der Waals surface area contributed by atoms with E-state index in [2.05, 4.69) is 9.88 Å². The number of hydrogen-bond donors (Lipinski definition) is 1. The standard InChI is InChI=1S/C29H29F3N2O/c1-20(2)17-33-28(35)16-25(22-11-8-12-23(15-22)29(30,31)32)26-19-34(18-21-9-4-3-5-10-21)27-14-7-6-13-24(26)27/h3-15,19-20,25H,16-18H2,1-2H3,(H,33,35)/t25-/m1/s1. The molecule has 0 radical (unpaired) electrons. The molecule has 0 aliphatic rings. The van der Waals surface area contributed by atoms with E-state index < -0.39 is 17.7 Å². The van der Waals surface area contributed by atoms with Crippen molar-refractivity contribution in [3.63, 3.8) is 0 Å². The van der Waals surface area contributed by atoms with Gasteiger partial charge in [0.05, 0.1) is 5.56 Å². The molecule has 3 nitrogen and oxygen atoms in total. The molecule has 1 aromatic heterocycles. The number of nitrogens with zero attached hydrogens (tertiary/aromatic N) is 1. The van der Waals surface area contributed by atoms with Gasteiger partial charge in [0.1, 0.15) is 0 Å². The molecule has 4 rings (SSSR count). The Kier molecular flexibility index (Phi) is 7.29. The number of hydrogen-bond acceptors (Lipinski definition) is 1. The van der Waals surface area contributed by atoms with Crippen molar-refractivity contribution in [2.45, 2.75) is 38.9 Å². The Balaban J connectivity index is 1.80. The van der Waals surface area contributed by atoms with Gasteiger partial charge in [-0.3, -0.25) is 4.79 Å². The number of amides is 1. The molecule has 0 bridgehead atoms. The lowest BCUT2D eigenvalue weighted by Crippen LogP contribution is -2.28. The van der Waals surface area contributed by atoms with E-state index in [1.807, 2.05) is 74.6 Å². The summed E-state index contributed by atoms with van der Waals surface area (Å²) in [6, 6.07) is 23.2. The lowest BCUT2D eigenvalue weighted by atomic mass is 9.87. The van der Waals surface area contributed by atoms with Gasteiger partial charge in [0.2, 0.25) is 5.91 Å². The number of benzene rings is 3. The maximum Gasteiger partial charge on any atom is 0.416 e. The van der Waals surface area contributed by atoms with E-state index in [-0.39, 0.29) is 18.2 Å². The Labute approximate surface area is 203 Å². The number of rotatable bonds is 8. The first-order chi connectivity index (χ1) is 16.7. The van der Waals surface area contributed by atoms with Crippen LogP contribution in [0.2, 0.25) is 0 Å². The second-order valence-corrected chi connectivity index (χ2v) is 9.29. The van der Waals surface area contributed by atoms with E-state index in [0.29, 0.717) is 18.7 Å². The van der Waals surface area contributed by atoms with Crippen LogP contribution in [0.25, 0.3) is 10.9 Å². The summed E-state index contributed by atoms with van der Waals surface area (Å²) in [5.74, 6) is -0.425. The van der Waals surface area contributed by atoms with Crippen molar-refractivity contribution in [2.75, 3.05) is 6.54 Å². The van der Waals surface area contributed by atoms with E-state index in [4.69, 9.17) is 0 Å². The first-order valence-electron chi connectivity index (χ1n) is 11.8. The van der Waals surface area contributed by atoms with Crippen molar-refractivity contribution in [1.29, 1.82) is 0 Å². The minimum absolute atomic E-state index is 0.0629. The number of alkyl halides is 3. The summed E-state index contributed by atoms with van der Waals surface area (Å²) in [7, 11) is 0. The van der Waals surface area contributed by atoms with Gasteiger partial charge >= 0.3 is 6.18 Å². The van der Waals surface area contributed by atoms with Gasteiger partial charge in [-0.2, -0.15) is 13.2 Å². The molecule has 0 saturated carbocycles. The van der Waals surface area contributed by atoms with Crippen LogP contribution >= 0.6 is 0 Å². The molecule has 0 aliphatic heterocycles. The highest BCUT2D eigenvalue weighted by molar-refractivity contribution is 5.86.